The van der Waals surface area contributed by atoms with Crippen LogP contribution in [0.1, 0.15) is 51.4 Å². The standard InChI is InChI=1S/C14H22O4/c15-12-7-3-1-2-6-11(12)13(16)10-18-14-8-4-5-9-17-14/h11,14H,1-10H2. The molecule has 0 spiro atoms. The van der Waals surface area contributed by atoms with Gasteiger partial charge in [0.1, 0.15) is 12.4 Å². The monoisotopic (exact) mass is 254 g/mol. The lowest BCUT2D eigenvalue weighted by Crippen LogP contribution is -2.30. The first-order chi connectivity index (χ1) is 8.77. The Labute approximate surface area is 108 Å². The van der Waals surface area contributed by atoms with Crippen LogP contribution >= 0.6 is 0 Å². The number of ketones is 2. The molecule has 4 nitrogen and oxygen atoms in total. The van der Waals surface area contributed by atoms with Crippen molar-refractivity contribution in [3.63, 3.8) is 0 Å². The van der Waals surface area contributed by atoms with Crippen LogP contribution in [0.3, 0.4) is 0 Å². The maximum absolute atomic E-state index is 12.0. The van der Waals surface area contributed by atoms with Gasteiger partial charge in [-0.25, -0.2) is 0 Å². The van der Waals surface area contributed by atoms with E-state index in [0.717, 1.165) is 38.5 Å². The molecule has 0 radical (unpaired) electrons. The molecule has 18 heavy (non-hydrogen) atoms. The second-order valence-corrected chi connectivity index (χ2v) is 5.19. The average molecular weight is 254 g/mol. The molecule has 0 N–H and O–H groups in total. The van der Waals surface area contributed by atoms with E-state index in [9.17, 15) is 9.59 Å². The zero-order valence-corrected chi connectivity index (χ0v) is 10.9. The third-order valence-corrected chi connectivity index (χ3v) is 3.74. The zero-order valence-electron chi connectivity index (χ0n) is 10.9. The summed E-state index contributed by atoms with van der Waals surface area (Å²) in [5.74, 6) is -0.377. The fraction of sp³-hybridized carbons (Fsp3) is 0.857. The van der Waals surface area contributed by atoms with E-state index < -0.39 is 5.92 Å². The Hall–Kier alpha value is -0.740. The number of hydrogen-bond acceptors (Lipinski definition) is 4. The number of carbonyl (C=O) groups excluding carboxylic acids is 2. The van der Waals surface area contributed by atoms with E-state index in [1.165, 1.54) is 0 Å². The molecule has 2 atom stereocenters. The molecule has 2 fully saturated rings. The van der Waals surface area contributed by atoms with Gasteiger partial charge in [-0.15, -0.1) is 0 Å². The van der Waals surface area contributed by atoms with Crippen LogP contribution in [-0.2, 0) is 19.1 Å². The lowest BCUT2D eigenvalue weighted by atomic mass is 9.94. The SMILES string of the molecule is O=C1CCCCCC1C(=O)COC1CCCCO1. The molecule has 4 heteroatoms. The molecule has 0 aromatic rings. The number of ether oxygens (including phenoxy) is 2. The van der Waals surface area contributed by atoms with Gasteiger partial charge in [0.25, 0.3) is 0 Å². The van der Waals surface area contributed by atoms with Crippen molar-refractivity contribution in [1.29, 1.82) is 0 Å². The van der Waals surface area contributed by atoms with Crippen molar-refractivity contribution in [1.82, 2.24) is 0 Å². The Balaban J connectivity index is 1.77. The summed E-state index contributed by atoms with van der Waals surface area (Å²) in [6.07, 6.45) is 6.97. The smallest absolute Gasteiger partial charge is 0.169 e. The van der Waals surface area contributed by atoms with E-state index >= 15 is 0 Å². The van der Waals surface area contributed by atoms with Crippen LogP contribution in [0.25, 0.3) is 0 Å². The van der Waals surface area contributed by atoms with E-state index in [2.05, 4.69) is 0 Å². The van der Waals surface area contributed by atoms with Crippen molar-refractivity contribution in [2.24, 2.45) is 5.92 Å². The van der Waals surface area contributed by atoms with E-state index in [1.54, 1.807) is 0 Å². The molecule has 2 aliphatic rings. The van der Waals surface area contributed by atoms with Crippen molar-refractivity contribution in [3.05, 3.63) is 0 Å². The number of hydrogen-bond donors (Lipinski definition) is 0. The van der Waals surface area contributed by atoms with Crippen molar-refractivity contribution in [3.8, 4) is 0 Å². The fourth-order valence-corrected chi connectivity index (χ4v) is 2.62. The summed E-state index contributed by atoms with van der Waals surface area (Å²) in [6, 6.07) is 0. The first-order valence-electron chi connectivity index (χ1n) is 7.06. The summed E-state index contributed by atoms with van der Waals surface area (Å²) in [4.78, 5) is 23.8. The van der Waals surface area contributed by atoms with Gasteiger partial charge in [-0.3, -0.25) is 9.59 Å². The molecular formula is C14H22O4. The number of rotatable bonds is 4. The molecule has 2 unspecified atom stereocenters. The van der Waals surface area contributed by atoms with Gasteiger partial charge in [0, 0.05) is 13.0 Å². The predicted molar refractivity (Wildman–Crippen MR) is 66.1 cm³/mol. The van der Waals surface area contributed by atoms with Gasteiger partial charge in [-0.2, -0.15) is 0 Å². The summed E-state index contributed by atoms with van der Waals surface area (Å²) in [5, 5.41) is 0. The lowest BCUT2D eigenvalue weighted by Gasteiger charge is -2.23. The van der Waals surface area contributed by atoms with Gasteiger partial charge >= 0.3 is 0 Å². The summed E-state index contributed by atoms with van der Waals surface area (Å²) < 4.78 is 10.9. The molecular weight excluding hydrogens is 232 g/mol. The van der Waals surface area contributed by atoms with E-state index in [4.69, 9.17) is 9.47 Å². The normalized spacial score (nSPS) is 29.9. The van der Waals surface area contributed by atoms with E-state index in [-0.39, 0.29) is 24.5 Å². The highest BCUT2D eigenvalue weighted by molar-refractivity contribution is 6.03. The maximum atomic E-state index is 12.0. The van der Waals surface area contributed by atoms with Gasteiger partial charge < -0.3 is 9.47 Å². The molecule has 0 aromatic heterocycles. The minimum Gasteiger partial charge on any atom is -0.353 e. The fourth-order valence-electron chi connectivity index (χ4n) is 2.62. The van der Waals surface area contributed by atoms with Crippen LogP contribution in [0.4, 0.5) is 0 Å². The van der Waals surface area contributed by atoms with E-state index in [0.29, 0.717) is 19.4 Å². The number of carbonyl (C=O) groups is 2. The Morgan fingerprint density at radius 2 is 2.00 bits per heavy atom. The molecule has 2 rings (SSSR count). The third-order valence-electron chi connectivity index (χ3n) is 3.74. The van der Waals surface area contributed by atoms with Crippen molar-refractivity contribution >= 4 is 11.6 Å². The maximum Gasteiger partial charge on any atom is 0.169 e. The van der Waals surface area contributed by atoms with Gasteiger partial charge in [0.05, 0.1) is 5.92 Å². The van der Waals surface area contributed by atoms with Crippen molar-refractivity contribution in [2.45, 2.75) is 57.7 Å². The van der Waals surface area contributed by atoms with Crippen LogP contribution in [0, 0.1) is 5.92 Å². The van der Waals surface area contributed by atoms with Crippen LogP contribution in [0.5, 0.6) is 0 Å². The van der Waals surface area contributed by atoms with Crippen LogP contribution in [-0.4, -0.2) is 31.1 Å². The second-order valence-electron chi connectivity index (χ2n) is 5.19. The first kappa shape index (κ1) is 13.7. The summed E-state index contributed by atoms with van der Waals surface area (Å²) in [6.45, 7) is 0.738. The Bertz CT molecular complexity index is 294. The Kier molecular flexibility index (Phi) is 5.32. The van der Waals surface area contributed by atoms with Crippen molar-refractivity contribution in [2.75, 3.05) is 13.2 Å². The van der Waals surface area contributed by atoms with Gasteiger partial charge in [-0.05, 0) is 32.1 Å². The highest BCUT2D eigenvalue weighted by Crippen LogP contribution is 2.21. The van der Waals surface area contributed by atoms with Gasteiger partial charge in [-0.1, -0.05) is 12.8 Å². The molecule has 0 bridgehead atoms. The average Bonchev–Trinajstić information content (AvgIpc) is 2.62. The quantitative estimate of drug-likeness (QED) is 0.570. The van der Waals surface area contributed by atoms with Crippen LogP contribution < -0.4 is 0 Å². The topological polar surface area (TPSA) is 52.6 Å². The number of Topliss-reactive ketones (excluding diaryl/α,β-unsaturated/α-hetero) is 2. The Morgan fingerprint density at radius 3 is 2.78 bits per heavy atom. The molecule has 1 aliphatic carbocycles. The summed E-state index contributed by atoms with van der Waals surface area (Å²) in [5.41, 5.74) is 0. The van der Waals surface area contributed by atoms with E-state index in [1.807, 2.05) is 0 Å². The highest BCUT2D eigenvalue weighted by atomic mass is 16.7. The predicted octanol–water partition coefficient (Wildman–Crippen LogP) is 2.25. The van der Waals surface area contributed by atoms with Gasteiger partial charge in [0.2, 0.25) is 0 Å². The summed E-state index contributed by atoms with van der Waals surface area (Å²) in [7, 11) is 0. The molecule has 1 heterocycles. The molecule has 1 aliphatic heterocycles. The first-order valence-corrected chi connectivity index (χ1v) is 7.06. The summed E-state index contributed by atoms with van der Waals surface area (Å²) >= 11 is 0. The molecule has 0 amide bonds. The zero-order chi connectivity index (χ0) is 12.8. The Morgan fingerprint density at radius 1 is 1.17 bits per heavy atom. The second kappa shape index (κ2) is 7.00. The van der Waals surface area contributed by atoms with Crippen LogP contribution in [0.2, 0.25) is 0 Å². The minimum absolute atomic E-state index is 0.0288. The van der Waals surface area contributed by atoms with Crippen LogP contribution in [0.15, 0.2) is 0 Å². The minimum atomic E-state index is -0.420. The molecule has 1 saturated carbocycles. The molecule has 102 valence electrons. The molecule has 0 aromatic carbocycles. The van der Waals surface area contributed by atoms with Crippen molar-refractivity contribution < 1.29 is 19.1 Å². The lowest BCUT2D eigenvalue weighted by molar-refractivity contribution is -0.171. The third kappa shape index (κ3) is 3.89. The van der Waals surface area contributed by atoms with Gasteiger partial charge in [0.15, 0.2) is 12.1 Å². The highest BCUT2D eigenvalue weighted by Gasteiger charge is 2.28. The molecule has 1 saturated heterocycles. The largest absolute Gasteiger partial charge is 0.353 e.